The number of aromatic nitrogens is 3. The van der Waals surface area contributed by atoms with Crippen LogP contribution in [0.25, 0.3) is 5.69 Å². The van der Waals surface area contributed by atoms with Crippen molar-refractivity contribution in [3.8, 4) is 11.4 Å². The highest BCUT2D eigenvalue weighted by Crippen LogP contribution is 2.25. The third kappa shape index (κ3) is 8.98. The van der Waals surface area contributed by atoms with Gasteiger partial charge in [-0.25, -0.2) is 9.07 Å². The van der Waals surface area contributed by atoms with Crippen LogP contribution in [0.15, 0.2) is 54.7 Å². The fraction of sp³-hybridized carbons (Fsp3) is 0.407. The Kier molecular flexibility index (Phi) is 10.2. The Morgan fingerprint density at radius 1 is 1.05 bits per heavy atom. The van der Waals surface area contributed by atoms with E-state index in [0.717, 1.165) is 19.5 Å². The van der Waals surface area contributed by atoms with Crippen molar-refractivity contribution in [2.24, 2.45) is 0 Å². The third-order valence-electron chi connectivity index (χ3n) is 6.21. The van der Waals surface area contributed by atoms with Crippen LogP contribution in [0.1, 0.15) is 32.8 Å². The maximum atomic E-state index is 12.9. The number of nitrogens with zero attached hydrogens (tertiary/aromatic N) is 4. The summed E-state index contributed by atoms with van der Waals surface area (Å²) in [6.07, 6.45) is -2.40. The van der Waals surface area contributed by atoms with Gasteiger partial charge in [0.2, 0.25) is 0 Å². The van der Waals surface area contributed by atoms with Gasteiger partial charge in [-0.1, -0.05) is 35.5 Å². The van der Waals surface area contributed by atoms with Gasteiger partial charge in [-0.15, -0.1) is 5.10 Å². The van der Waals surface area contributed by atoms with Crippen molar-refractivity contribution in [1.29, 1.82) is 0 Å². The monoisotopic (exact) mass is 578 g/mol. The summed E-state index contributed by atoms with van der Waals surface area (Å²) in [5.41, 5.74) is 1.44. The number of rotatable bonds is 13. The lowest BCUT2D eigenvalue weighted by Crippen LogP contribution is -2.37. The number of carbonyl (C=O) groups excluding carboxylic acids is 2. The third-order valence-corrected chi connectivity index (χ3v) is 6.21. The van der Waals surface area contributed by atoms with Gasteiger partial charge in [-0.3, -0.25) is 14.5 Å². The minimum atomic E-state index is -4.57. The molecule has 3 aromatic rings. The van der Waals surface area contributed by atoms with Gasteiger partial charge in [0.05, 0.1) is 19.4 Å². The maximum absolute atomic E-state index is 12.9. The molecule has 2 amide bonds. The summed E-state index contributed by atoms with van der Waals surface area (Å²) in [6, 6.07) is 14.0. The van der Waals surface area contributed by atoms with Crippen molar-refractivity contribution in [3.05, 3.63) is 71.5 Å². The first-order valence-corrected chi connectivity index (χ1v) is 13.0. The van der Waals surface area contributed by atoms with Crippen LogP contribution in [0.3, 0.4) is 0 Å². The van der Waals surface area contributed by atoms with Crippen molar-refractivity contribution in [1.82, 2.24) is 30.5 Å². The van der Waals surface area contributed by atoms with E-state index < -0.39 is 31.2 Å². The molecule has 1 saturated heterocycles. The molecule has 1 unspecified atom stereocenters. The minimum absolute atomic E-state index is 0.0293. The van der Waals surface area contributed by atoms with Crippen LogP contribution in [-0.2, 0) is 11.3 Å². The van der Waals surface area contributed by atoms with Crippen molar-refractivity contribution in [3.63, 3.8) is 0 Å². The highest BCUT2D eigenvalue weighted by atomic mass is 19.4. The van der Waals surface area contributed by atoms with Crippen LogP contribution < -0.4 is 15.4 Å². The van der Waals surface area contributed by atoms with Gasteiger partial charge in [-0.2, -0.15) is 13.2 Å². The van der Waals surface area contributed by atoms with Crippen molar-refractivity contribution >= 4 is 11.8 Å². The van der Waals surface area contributed by atoms with Crippen molar-refractivity contribution < 1.29 is 36.6 Å². The fourth-order valence-electron chi connectivity index (χ4n) is 4.29. The first-order valence-electron chi connectivity index (χ1n) is 13.0. The van der Waals surface area contributed by atoms with E-state index >= 15 is 0 Å². The van der Waals surface area contributed by atoms with Crippen molar-refractivity contribution in [2.45, 2.75) is 25.2 Å². The summed E-state index contributed by atoms with van der Waals surface area (Å²) in [4.78, 5) is 27.4. The predicted octanol–water partition coefficient (Wildman–Crippen LogP) is 2.93. The molecule has 1 aliphatic heterocycles. The average Bonchev–Trinajstić information content (AvgIpc) is 3.62. The number of halogens is 4. The summed E-state index contributed by atoms with van der Waals surface area (Å²) in [5.74, 6) is -1.28. The Balaban J connectivity index is 1.42. The maximum Gasteiger partial charge on any atom is 0.405 e. The smallest absolute Gasteiger partial charge is 0.405 e. The topological polar surface area (TPSA) is 111 Å². The molecule has 1 aliphatic rings. The molecule has 0 radical (unpaired) electrons. The molecule has 2 N–H and O–H groups in total. The Hall–Kier alpha value is -4.04. The molecule has 0 bridgehead atoms. The molecule has 0 spiro atoms. The predicted molar refractivity (Wildman–Crippen MR) is 140 cm³/mol. The molecule has 41 heavy (non-hydrogen) atoms. The van der Waals surface area contributed by atoms with Crippen LogP contribution in [-0.4, -0.2) is 90.1 Å². The summed E-state index contributed by atoms with van der Waals surface area (Å²) < 4.78 is 61.9. The number of benzene rings is 2. The molecular weight excluding hydrogens is 548 g/mol. The van der Waals surface area contributed by atoms with Gasteiger partial charge in [-0.05, 0) is 30.2 Å². The van der Waals surface area contributed by atoms with E-state index in [1.807, 2.05) is 18.2 Å². The number of ether oxygens (including phenoxy) is 2. The van der Waals surface area contributed by atoms with Crippen LogP contribution in [0.5, 0.6) is 5.75 Å². The molecule has 0 aliphatic carbocycles. The lowest BCUT2D eigenvalue weighted by atomic mass is 10.1. The van der Waals surface area contributed by atoms with E-state index in [1.165, 1.54) is 34.6 Å². The lowest BCUT2D eigenvalue weighted by molar-refractivity contribution is -0.123. The van der Waals surface area contributed by atoms with Gasteiger partial charge < -0.3 is 20.1 Å². The Morgan fingerprint density at radius 2 is 1.85 bits per heavy atom. The standard InChI is InChI=1S/C27H30F4N6O4/c28-9-11-40-12-13-41-24-14-20(25(38)32-18-27(29,30)31)6-7-23(24)37-17-22(34-35-37)26(39)33-21-8-10-36(16-21)15-19-4-2-1-3-5-19/h1-7,14,17,21H,8-13,15-16,18H2,(H,32,38)(H,33,39). The number of likely N-dealkylation sites (tertiary alicyclic amines) is 1. The Morgan fingerprint density at radius 3 is 2.61 bits per heavy atom. The number of carbonyl (C=O) groups is 2. The molecule has 1 aromatic heterocycles. The van der Waals surface area contributed by atoms with Gasteiger partial charge in [0.15, 0.2) is 5.69 Å². The first-order chi connectivity index (χ1) is 19.7. The normalized spacial score (nSPS) is 15.6. The minimum Gasteiger partial charge on any atom is -0.489 e. The first kappa shape index (κ1) is 29.9. The number of hydrogen-bond acceptors (Lipinski definition) is 7. The van der Waals surface area contributed by atoms with E-state index in [0.29, 0.717) is 6.54 Å². The molecule has 1 fully saturated rings. The van der Waals surface area contributed by atoms with Crippen LogP contribution in [0, 0.1) is 0 Å². The van der Waals surface area contributed by atoms with E-state index in [1.54, 1.807) is 5.32 Å². The number of hydrogen-bond donors (Lipinski definition) is 2. The van der Waals surface area contributed by atoms with Gasteiger partial charge in [0.25, 0.3) is 11.8 Å². The zero-order chi connectivity index (χ0) is 29.2. The number of nitrogens with one attached hydrogen (secondary N) is 2. The number of alkyl halides is 4. The zero-order valence-electron chi connectivity index (χ0n) is 22.1. The molecule has 4 rings (SSSR count). The molecule has 2 aromatic carbocycles. The second-order valence-electron chi connectivity index (χ2n) is 9.36. The molecule has 14 heteroatoms. The zero-order valence-corrected chi connectivity index (χ0v) is 22.1. The quantitative estimate of drug-likeness (QED) is 0.237. The Bertz CT molecular complexity index is 1300. The summed E-state index contributed by atoms with van der Waals surface area (Å²) in [6.45, 7) is 0.0206. The summed E-state index contributed by atoms with van der Waals surface area (Å²) in [7, 11) is 0. The number of amides is 2. The van der Waals surface area contributed by atoms with Gasteiger partial charge in [0.1, 0.15) is 31.3 Å². The van der Waals surface area contributed by atoms with E-state index in [9.17, 15) is 27.2 Å². The molecular formula is C27H30F4N6O4. The second-order valence-corrected chi connectivity index (χ2v) is 9.36. The van der Waals surface area contributed by atoms with Gasteiger partial charge >= 0.3 is 6.18 Å². The average molecular weight is 579 g/mol. The SMILES string of the molecule is O=C(NCC(F)(F)F)c1ccc(-n2cc(C(=O)NC3CCN(Cc4ccccc4)C3)nn2)c(OCCOCCF)c1. The fourth-order valence-corrected chi connectivity index (χ4v) is 4.29. The summed E-state index contributed by atoms with van der Waals surface area (Å²) >= 11 is 0. The lowest BCUT2D eigenvalue weighted by Gasteiger charge is -2.16. The van der Waals surface area contributed by atoms with Gasteiger partial charge in [0, 0.05) is 31.2 Å². The van der Waals surface area contributed by atoms with E-state index in [4.69, 9.17) is 9.47 Å². The molecule has 0 saturated carbocycles. The summed E-state index contributed by atoms with van der Waals surface area (Å²) in [5, 5.41) is 12.7. The molecule has 220 valence electrons. The van der Waals surface area contributed by atoms with E-state index in [2.05, 4.69) is 32.7 Å². The van der Waals surface area contributed by atoms with Crippen molar-refractivity contribution in [2.75, 3.05) is 46.1 Å². The highest BCUT2D eigenvalue weighted by molar-refractivity contribution is 5.95. The van der Waals surface area contributed by atoms with E-state index in [-0.39, 0.29) is 48.6 Å². The highest BCUT2D eigenvalue weighted by Gasteiger charge is 2.28. The molecule has 10 nitrogen and oxygen atoms in total. The second kappa shape index (κ2) is 14.0. The van der Waals surface area contributed by atoms with Crippen LogP contribution in [0.4, 0.5) is 17.6 Å². The van der Waals surface area contributed by atoms with Crippen LogP contribution >= 0.6 is 0 Å². The van der Waals surface area contributed by atoms with Crippen LogP contribution in [0.2, 0.25) is 0 Å². The Labute approximate surface area is 233 Å². The molecule has 1 atom stereocenters. The molecule has 2 heterocycles. The largest absolute Gasteiger partial charge is 0.489 e.